The number of carboxylic acid groups (broad SMARTS) is 1. The highest BCUT2D eigenvalue weighted by atomic mass is 19.2. The summed E-state index contributed by atoms with van der Waals surface area (Å²) >= 11 is 0. The lowest BCUT2D eigenvalue weighted by Crippen LogP contribution is -2.05. The Kier molecular flexibility index (Phi) is 5.68. The highest BCUT2D eigenvalue weighted by Crippen LogP contribution is 2.34. The second-order valence-corrected chi connectivity index (χ2v) is 5.26. The molecule has 23 heavy (non-hydrogen) atoms. The molecule has 0 fully saturated rings. The first-order chi connectivity index (χ1) is 11.0. The van der Waals surface area contributed by atoms with Gasteiger partial charge in [-0.2, -0.15) is 0 Å². The van der Waals surface area contributed by atoms with Crippen LogP contribution in [-0.4, -0.2) is 11.3 Å². The summed E-state index contributed by atoms with van der Waals surface area (Å²) in [4.78, 5) is 10.7. The van der Waals surface area contributed by atoms with Crippen LogP contribution in [0.4, 0.5) is 13.6 Å². The number of halogens is 2. The lowest BCUT2D eigenvalue weighted by atomic mass is 10.00. The first kappa shape index (κ1) is 16.9. The maximum atomic E-state index is 14.1. The SMILES string of the molecule is CCCCCc1ccc(-c2c(OC(=O)O)ccc(F)c2F)cc1. The maximum absolute atomic E-state index is 14.1. The molecule has 0 atom stereocenters. The molecule has 3 nitrogen and oxygen atoms in total. The fourth-order valence-electron chi connectivity index (χ4n) is 2.40. The molecule has 2 aromatic rings. The molecule has 0 heterocycles. The van der Waals surface area contributed by atoms with Crippen LogP contribution in [0.2, 0.25) is 0 Å². The molecule has 0 saturated heterocycles. The minimum Gasteiger partial charge on any atom is -0.449 e. The topological polar surface area (TPSA) is 46.5 Å². The third kappa shape index (κ3) is 4.28. The Bertz CT molecular complexity index is 681. The van der Waals surface area contributed by atoms with E-state index >= 15 is 0 Å². The normalized spacial score (nSPS) is 10.6. The van der Waals surface area contributed by atoms with Crippen molar-refractivity contribution in [3.05, 3.63) is 53.6 Å². The number of benzene rings is 2. The van der Waals surface area contributed by atoms with E-state index in [4.69, 9.17) is 5.11 Å². The standard InChI is InChI=1S/C18H18F2O3/c1-2-3-4-5-12-6-8-13(9-7-12)16-15(23-18(21)22)11-10-14(19)17(16)20/h6-11H,2-5H2,1H3,(H,21,22). The number of ether oxygens (including phenoxy) is 1. The van der Waals surface area contributed by atoms with Crippen molar-refractivity contribution in [2.24, 2.45) is 0 Å². The molecule has 0 radical (unpaired) electrons. The van der Waals surface area contributed by atoms with Gasteiger partial charge in [-0.1, -0.05) is 44.0 Å². The van der Waals surface area contributed by atoms with Crippen LogP contribution in [0.3, 0.4) is 0 Å². The molecule has 0 saturated carbocycles. The number of hydrogen-bond acceptors (Lipinski definition) is 2. The summed E-state index contributed by atoms with van der Waals surface area (Å²) in [5.74, 6) is -2.40. The van der Waals surface area contributed by atoms with Crippen LogP contribution < -0.4 is 4.74 Å². The second-order valence-electron chi connectivity index (χ2n) is 5.26. The monoisotopic (exact) mass is 320 g/mol. The zero-order valence-electron chi connectivity index (χ0n) is 12.8. The number of carbonyl (C=O) groups is 1. The second kappa shape index (κ2) is 7.72. The maximum Gasteiger partial charge on any atom is 0.511 e. The van der Waals surface area contributed by atoms with Gasteiger partial charge in [0.05, 0.1) is 5.56 Å². The number of aryl methyl sites for hydroxylation is 1. The lowest BCUT2D eigenvalue weighted by Gasteiger charge is -2.11. The van der Waals surface area contributed by atoms with Gasteiger partial charge in [-0.25, -0.2) is 13.6 Å². The van der Waals surface area contributed by atoms with E-state index < -0.39 is 17.8 Å². The molecule has 2 rings (SSSR count). The average Bonchev–Trinajstić information content (AvgIpc) is 2.52. The molecule has 1 N–H and O–H groups in total. The van der Waals surface area contributed by atoms with Gasteiger partial charge in [0.1, 0.15) is 5.75 Å². The Labute approximate surface area is 133 Å². The molecular formula is C18H18F2O3. The van der Waals surface area contributed by atoms with Crippen molar-refractivity contribution in [3.63, 3.8) is 0 Å². The van der Waals surface area contributed by atoms with E-state index in [1.807, 2.05) is 12.1 Å². The molecule has 0 aromatic heterocycles. The first-order valence-corrected chi connectivity index (χ1v) is 7.51. The Morgan fingerprint density at radius 1 is 1.09 bits per heavy atom. The summed E-state index contributed by atoms with van der Waals surface area (Å²) in [6.07, 6.45) is 2.67. The van der Waals surface area contributed by atoms with Gasteiger partial charge in [0.15, 0.2) is 11.6 Å². The van der Waals surface area contributed by atoms with Gasteiger partial charge < -0.3 is 9.84 Å². The van der Waals surface area contributed by atoms with Crippen molar-refractivity contribution in [2.45, 2.75) is 32.6 Å². The van der Waals surface area contributed by atoms with E-state index in [0.717, 1.165) is 43.4 Å². The van der Waals surface area contributed by atoms with Crippen LogP contribution in [0.15, 0.2) is 36.4 Å². The zero-order valence-corrected chi connectivity index (χ0v) is 12.8. The van der Waals surface area contributed by atoms with Crippen LogP contribution in [0.25, 0.3) is 11.1 Å². The van der Waals surface area contributed by atoms with Crippen molar-refractivity contribution in [3.8, 4) is 16.9 Å². The van der Waals surface area contributed by atoms with Gasteiger partial charge in [-0.05, 0) is 36.1 Å². The van der Waals surface area contributed by atoms with Crippen LogP contribution in [-0.2, 0) is 6.42 Å². The molecule has 122 valence electrons. The minimum absolute atomic E-state index is 0.187. The fourth-order valence-corrected chi connectivity index (χ4v) is 2.40. The third-order valence-electron chi connectivity index (χ3n) is 3.57. The summed E-state index contributed by atoms with van der Waals surface area (Å²) in [7, 11) is 0. The lowest BCUT2D eigenvalue weighted by molar-refractivity contribution is 0.144. The Hall–Kier alpha value is -2.43. The molecule has 0 bridgehead atoms. The number of unbranched alkanes of at least 4 members (excludes halogenated alkanes) is 2. The Morgan fingerprint density at radius 2 is 1.78 bits per heavy atom. The largest absolute Gasteiger partial charge is 0.511 e. The molecule has 0 aliphatic rings. The fraction of sp³-hybridized carbons (Fsp3) is 0.278. The van der Waals surface area contributed by atoms with Crippen molar-refractivity contribution in [1.29, 1.82) is 0 Å². The van der Waals surface area contributed by atoms with Crippen molar-refractivity contribution in [1.82, 2.24) is 0 Å². The van der Waals surface area contributed by atoms with Crippen LogP contribution >= 0.6 is 0 Å². The molecule has 0 amide bonds. The van der Waals surface area contributed by atoms with Crippen molar-refractivity contribution >= 4 is 6.16 Å². The highest BCUT2D eigenvalue weighted by molar-refractivity contribution is 5.75. The zero-order chi connectivity index (χ0) is 16.8. The van der Waals surface area contributed by atoms with E-state index in [0.29, 0.717) is 5.56 Å². The minimum atomic E-state index is -1.58. The molecule has 0 unspecified atom stereocenters. The van der Waals surface area contributed by atoms with Gasteiger partial charge >= 0.3 is 6.16 Å². The predicted molar refractivity (Wildman–Crippen MR) is 83.7 cm³/mol. The summed E-state index contributed by atoms with van der Waals surface area (Å²) in [6, 6.07) is 8.91. The first-order valence-electron chi connectivity index (χ1n) is 7.51. The molecule has 0 spiro atoms. The van der Waals surface area contributed by atoms with E-state index in [-0.39, 0.29) is 11.3 Å². The van der Waals surface area contributed by atoms with Gasteiger partial charge in [-0.15, -0.1) is 0 Å². The molecule has 0 aliphatic carbocycles. The van der Waals surface area contributed by atoms with Gasteiger partial charge in [0.2, 0.25) is 0 Å². The smallest absolute Gasteiger partial charge is 0.449 e. The molecule has 5 heteroatoms. The van der Waals surface area contributed by atoms with Crippen LogP contribution in [0.5, 0.6) is 5.75 Å². The van der Waals surface area contributed by atoms with Gasteiger partial charge in [0.25, 0.3) is 0 Å². The van der Waals surface area contributed by atoms with Crippen LogP contribution in [0, 0.1) is 11.6 Å². The summed E-state index contributed by atoms with van der Waals surface area (Å²) in [5.41, 5.74) is 1.28. The average molecular weight is 320 g/mol. The third-order valence-corrected chi connectivity index (χ3v) is 3.57. The quantitative estimate of drug-likeness (QED) is 0.439. The van der Waals surface area contributed by atoms with Gasteiger partial charge in [0, 0.05) is 0 Å². The summed E-state index contributed by atoms with van der Waals surface area (Å²) < 4.78 is 32.1. The Balaban J connectivity index is 2.33. The van der Waals surface area contributed by atoms with Crippen LogP contribution in [0.1, 0.15) is 31.7 Å². The summed E-state index contributed by atoms with van der Waals surface area (Å²) in [5, 5.41) is 8.72. The molecule has 2 aromatic carbocycles. The number of hydrogen-bond donors (Lipinski definition) is 1. The predicted octanol–water partition coefficient (Wildman–Crippen LogP) is 5.42. The van der Waals surface area contributed by atoms with E-state index in [2.05, 4.69) is 11.7 Å². The Morgan fingerprint density at radius 3 is 2.39 bits per heavy atom. The molecular weight excluding hydrogens is 302 g/mol. The summed E-state index contributed by atoms with van der Waals surface area (Å²) in [6.45, 7) is 2.12. The van der Waals surface area contributed by atoms with Crippen molar-refractivity contribution < 1.29 is 23.4 Å². The van der Waals surface area contributed by atoms with Crippen molar-refractivity contribution in [2.75, 3.05) is 0 Å². The molecule has 0 aliphatic heterocycles. The van der Waals surface area contributed by atoms with Gasteiger partial charge in [-0.3, -0.25) is 0 Å². The van der Waals surface area contributed by atoms with E-state index in [1.165, 1.54) is 0 Å². The van der Waals surface area contributed by atoms with E-state index in [1.54, 1.807) is 12.1 Å². The highest BCUT2D eigenvalue weighted by Gasteiger charge is 2.18. The number of rotatable bonds is 6. The van der Waals surface area contributed by atoms with E-state index in [9.17, 15) is 13.6 Å².